The summed E-state index contributed by atoms with van der Waals surface area (Å²) >= 11 is 5.91. The molecule has 0 atom stereocenters. The third-order valence-corrected chi connectivity index (χ3v) is 3.91. The Hall–Kier alpha value is -3.25. The first-order valence-corrected chi connectivity index (χ1v) is 7.90. The molecule has 4 rings (SSSR count). The molecule has 2 heterocycles. The number of para-hydroxylation sites is 1. The van der Waals surface area contributed by atoms with Crippen molar-refractivity contribution in [3.8, 4) is 0 Å². The van der Waals surface area contributed by atoms with E-state index in [0.717, 1.165) is 5.56 Å². The molecule has 0 aliphatic carbocycles. The van der Waals surface area contributed by atoms with Crippen LogP contribution < -0.4 is 4.90 Å². The number of aromatic nitrogens is 3. The van der Waals surface area contributed by atoms with Gasteiger partial charge in [-0.2, -0.15) is 9.78 Å². The zero-order valence-electron chi connectivity index (χ0n) is 13.0. The molecule has 0 N–H and O–H groups in total. The summed E-state index contributed by atoms with van der Waals surface area (Å²) in [6, 6.07) is 16.5. The quantitative estimate of drug-likeness (QED) is 0.667. The molecule has 0 radical (unpaired) electrons. The van der Waals surface area contributed by atoms with Crippen LogP contribution in [-0.2, 0) is 4.79 Å². The van der Waals surface area contributed by atoms with E-state index in [1.165, 1.54) is 22.2 Å². The number of benzene rings is 2. The van der Waals surface area contributed by atoms with Gasteiger partial charge in [0, 0.05) is 5.02 Å². The van der Waals surface area contributed by atoms with Gasteiger partial charge in [-0.1, -0.05) is 41.9 Å². The SMILES string of the molecule is O=C1/C(=C\c2ccc(Cl)cc2)N=C(n2cncn2)N1c1ccccc1. The summed E-state index contributed by atoms with van der Waals surface area (Å²) in [5.74, 6) is 0.153. The highest BCUT2D eigenvalue weighted by Gasteiger charge is 2.33. The highest BCUT2D eigenvalue weighted by molar-refractivity contribution is 6.30. The maximum absolute atomic E-state index is 12.9. The van der Waals surface area contributed by atoms with Crippen LogP contribution in [0.3, 0.4) is 0 Å². The van der Waals surface area contributed by atoms with E-state index in [1.807, 2.05) is 42.5 Å². The minimum atomic E-state index is -0.230. The highest BCUT2D eigenvalue weighted by atomic mass is 35.5. The number of carbonyl (C=O) groups is 1. The summed E-state index contributed by atoms with van der Waals surface area (Å²) in [6.45, 7) is 0. The van der Waals surface area contributed by atoms with Crippen LogP contribution >= 0.6 is 11.6 Å². The Balaban J connectivity index is 1.79. The van der Waals surface area contributed by atoms with E-state index in [0.29, 0.717) is 22.4 Å². The summed E-state index contributed by atoms with van der Waals surface area (Å²) in [6.07, 6.45) is 4.63. The van der Waals surface area contributed by atoms with Crippen LogP contribution in [0, 0.1) is 0 Å². The normalized spacial score (nSPS) is 15.7. The lowest BCUT2D eigenvalue weighted by atomic mass is 10.2. The van der Waals surface area contributed by atoms with Crippen molar-refractivity contribution in [2.75, 3.05) is 4.90 Å². The molecule has 2 aromatic carbocycles. The number of hydrogen-bond acceptors (Lipinski definition) is 4. The first-order chi connectivity index (χ1) is 12.2. The second-order valence-electron chi connectivity index (χ2n) is 5.31. The molecular formula is C18H12ClN5O. The Kier molecular flexibility index (Phi) is 3.87. The molecule has 0 fully saturated rings. The van der Waals surface area contributed by atoms with Crippen molar-refractivity contribution in [1.82, 2.24) is 14.8 Å². The van der Waals surface area contributed by atoms with Crippen LogP contribution in [0.5, 0.6) is 0 Å². The molecule has 1 amide bonds. The lowest BCUT2D eigenvalue weighted by molar-refractivity contribution is -0.113. The van der Waals surface area contributed by atoms with Gasteiger partial charge in [0.15, 0.2) is 0 Å². The van der Waals surface area contributed by atoms with Gasteiger partial charge >= 0.3 is 0 Å². The van der Waals surface area contributed by atoms with Gasteiger partial charge in [-0.05, 0) is 35.9 Å². The van der Waals surface area contributed by atoms with Crippen LogP contribution in [-0.4, -0.2) is 26.6 Å². The van der Waals surface area contributed by atoms with Gasteiger partial charge in [-0.25, -0.2) is 14.9 Å². The van der Waals surface area contributed by atoms with Crippen LogP contribution in [0.4, 0.5) is 5.69 Å². The van der Waals surface area contributed by atoms with E-state index in [4.69, 9.17) is 11.6 Å². The van der Waals surface area contributed by atoms with E-state index >= 15 is 0 Å². The molecule has 25 heavy (non-hydrogen) atoms. The lowest BCUT2D eigenvalue weighted by Crippen LogP contribution is -2.36. The number of amides is 1. The molecule has 7 heteroatoms. The van der Waals surface area contributed by atoms with Gasteiger partial charge in [0.25, 0.3) is 5.91 Å². The van der Waals surface area contributed by atoms with Gasteiger partial charge in [-0.15, -0.1) is 0 Å². The lowest BCUT2D eigenvalue weighted by Gasteiger charge is -2.17. The van der Waals surface area contributed by atoms with Crippen molar-refractivity contribution in [3.63, 3.8) is 0 Å². The Bertz CT molecular complexity index is 962. The average molecular weight is 350 g/mol. The maximum atomic E-state index is 12.9. The van der Waals surface area contributed by atoms with E-state index < -0.39 is 0 Å². The van der Waals surface area contributed by atoms with E-state index in [9.17, 15) is 4.79 Å². The van der Waals surface area contributed by atoms with Gasteiger partial charge in [0.2, 0.25) is 5.96 Å². The van der Waals surface area contributed by atoms with Crippen LogP contribution in [0.25, 0.3) is 6.08 Å². The number of anilines is 1. The second kappa shape index (κ2) is 6.33. The topological polar surface area (TPSA) is 63.4 Å². The Morgan fingerprint density at radius 3 is 2.44 bits per heavy atom. The minimum absolute atomic E-state index is 0.230. The smallest absolute Gasteiger partial charge is 0.266 e. The highest BCUT2D eigenvalue weighted by Crippen LogP contribution is 2.25. The Labute approximate surface area is 148 Å². The van der Waals surface area contributed by atoms with Crippen LogP contribution in [0.1, 0.15) is 5.56 Å². The summed E-state index contributed by atoms with van der Waals surface area (Å²) in [4.78, 5) is 22.9. The summed E-state index contributed by atoms with van der Waals surface area (Å²) in [5.41, 5.74) is 1.86. The molecule has 1 aromatic heterocycles. The van der Waals surface area contributed by atoms with Crippen molar-refractivity contribution in [3.05, 3.63) is 83.5 Å². The zero-order valence-corrected chi connectivity index (χ0v) is 13.7. The number of halogens is 1. The number of carbonyl (C=O) groups excluding carboxylic acids is 1. The predicted octanol–water partition coefficient (Wildman–Crippen LogP) is 3.22. The molecule has 0 saturated carbocycles. The Morgan fingerprint density at radius 1 is 1.00 bits per heavy atom. The second-order valence-corrected chi connectivity index (χ2v) is 5.75. The van der Waals surface area contributed by atoms with Crippen molar-refractivity contribution < 1.29 is 4.79 Å². The number of rotatable bonds is 2. The fraction of sp³-hybridized carbons (Fsp3) is 0. The molecule has 0 unspecified atom stereocenters. The molecule has 0 spiro atoms. The summed E-state index contributed by atoms with van der Waals surface area (Å²) < 4.78 is 1.47. The van der Waals surface area contributed by atoms with E-state index in [1.54, 1.807) is 18.2 Å². The molecule has 6 nitrogen and oxygen atoms in total. The molecule has 122 valence electrons. The van der Waals surface area contributed by atoms with Gasteiger partial charge < -0.3 is 0 Å². The number of nitrogens with zero attached hydrogens (tertiary/aromatic N) is 5. The van der Waals surface area contributed by atoms with Crippen molar-refractivity contribution in [1.29, 1.82) is 0 Å². The van der Waals surface area contributed by atoms with Gasteiger partial charge in [0.1, 0.15) is 18.4 Å². The third-order valence-electron chi connectivity index (χ3n) is 3.65. The molecule has 1 aliphatic heterocycles. The standard InChI is InChI=1S/C18H12ClN5O/c19-14-8-6-13(7-9-14)10-16-17(25)24(15-4-2-1-3-5-15)18(22-16)23-12-20-11-21-23/h1-12H/b16-10+. The molecule has 0 bridgehead atoms. The molecule has 3 aromatic rings. The summed E-state index contributed by atoms with van der Waals surface area (Å²) in [5, 5.41) is 4.73. The van der Waals surface area contributed by atoms with Crippen molar-refractivity contribution in [2.45, 2.75) is 0 Å². The van der Waals surface area contributed by atoms with Crippen molar-refractivity contribution in [2.24, 2.45) is 4.99 Å². The first-order valence-electron chi connectivity index (χ1n) is 7.53. The monoisotopic (exact) mass is 349 g/mol. The predicted molar refractivity (Wildman–Crippen MR) is 96.2 cm³/mol. The number of hydrogen-bond donors (Lipinski definition) is 0. The molecule has 1 aliphatic rings. The number of aliphatic imine (C=N–C) groups is 1. The largest absolute Gasteiger partial charge is 0.283 e. The third kappa shape index (κ3) is 2.95. The van der Waals surface area contributed by atoms with E-state index in [2.05, 4.69) is 15.1 Å². The fourth-order valence-electron chi connectivity index (χ4n) is 2.50. The summed E-state index contributed by atoms with van der Waals surface area (Å²) in [7, 11) is 0. The van der Waals surface area contributed by atoms with Gasteiger partial charge in [-0.3, -0.25) is 4.79 Å². The van der Waals surface area contributed by atoms with Gasteiger partial charge in [0.05, 0.1) is 5.69 Å². The average Bonchev–Trinajstić information content (AvgIpc) is 3.26. The zero-order chi connectivity index (χ0) is 17.2. The maximum Gasteiger partial charge on any atom is 0.283 e. The molecular weight excluding hydrogens is 338 g/mol. The van der Waals surface area contributed by atoms with E-state index in [-0.39, 0.29) is 5.91 Å². The fourth-order valence-corrected chi connectivity index (χ4v) is 2.62. The minimum Gasteiger partial charge on any atom is -0.266 e. The first kappa shape index (κ1) is 15.3. The Morgan fingerprint density at radius 2 is 1.76 bits per heavy atom. The van der Waals surface area contributed by atoms with Crippen LogP contribution in [0.15, 0.2) is 77.9 Å². The molecule has 0 saturated heterocycles. The van der Waals surface area contributed by atoms with Crippen molar-refractivity contribution >= 4 is 35.2 Å². The van der Waals surface area contributed by atoms with Crippen LogP contribution in [0.2, 0.25) is 5.02 Å².